The number of hydrogen-bond donors (Lipinski definition) is 4. The maximum absolute atomic E-state index is 15.4. The molecular formula is C37H71FO5. The smallest absolute Gasteiger partial charge is 0.138 e. The number of unbranched alkanes of at least 4 members (excludes halogenated alkanes) is 22. The van der Waals surface area contributed by atoms with Crippen molar-refractivity contribution in [1.29, 1.82) is 0 Å². The highest BCUT2D eigenvalue weighted by atomic mass is 19.1. The van der Waals surface area contributed by atoms with E-state index in [0.717, 1.165) is 38.5 Å². The van der Waals surface area contributed by atoms with Crippen LogP contribution in [0, 0.1) is 5.92 Å². The van der Waals surface area contributed by atoms with Crippen LogP contribution in [-0.4, -0.2) is 57.6 Å². The third-order valence-corrected chi connectivity index (χ3v) is 9.42. The zero-order valence-electron chi connectivity index (χ0n) is 28.2. The van der Waals surface area contributed by atoms with Crippen molar-refractivity contribution in [3.05, 3.63) is 11.9 Å². The third kappa shape index (κ3) is 19.6. The molecule has 0 bridgehead atoms. The molecule has 0 aromatic heterocycles. The van der Waals surface area contributed by atoms with Crippen LogP contribution in [0.2, 0.25) is 0 Å². The summed E-state index contributed by atoms with van der Waals surface area (Å²) in [6.07, 6.45) is 27.3. The summed E-state index contributed by atoms with van der Waals surface area (Å²) in [5.41, 5.74) is 0. The molecule has 1 saturated heterocycles. The fourth-order valence-corrected chi connectivity index (χ4v) is 6.46. The van der Waals surface area contributed by atoms with Gasteiger partial charge in [0.25, 0.3) is 0 Å². The molecule has 0 aromatic rings. The van der Waals surface area contributed by atoms with E-state index in [-0.39, 0.29) is 5.92 Å². The predicted octanol–water partition coefficient (Wildman–Crippen LogP) is 9.48. The van der Waals surface area contributed by atoms with Crippen molar-refractivity contribution in [3.63, 3.8) is 0 Å². The average molecular weight is 615 g/mol. The Morgan fingerprint density at radius 2 is 0.907 bits per heavy atom. The van der Waals surface area contributed by atoms with Crippen LogP contribution in [-0.2, 0) is 4.74 Å². The monoisotopic (exact) mass is 615 g/mol. The van der Waals surface area contributed by atoms with E-state index < -0.39 is 43.0 Å². The number of halogens is 1. The summed E-state index contributed by atoms with van der Waals surface area (Å²) in [7, 11) is 0. The van der Waals surface area contributed by atoms with Crippen molar-refractivity contribution in [2.24, 2.45) is 5.92 Å². The minimum absolute atomic E-state index is 0.0543. The van der Waals surface area contributed by atoms with Gasteiger partial charge in [-0.15, -0.1) is 0 Å². The standard InChI is InChI=1S/C37H71FO5/c1-3-5-7-9-11-13-15-17-19-21-23-25-27-31(28-26-24-22-20-18-16-14-12-10-8-6-4-2)29-32(38)37-36(42)35(41)34(40)33(30-39)43-37/h29,31,33-37,39-42H,3-28,30H2,1-2H3/b32-29+. The quantitative estimate of drug-likeness (QED) is 0.0630. The highest BCUT2D eigenvalue weighted by Crippen LogP contribution is 2.29. The third-order valence-electron chi connectivity index (χ3n) is 9.42. The van der Waals surface area contributed by atoms with Gasteiger partial charge in [-0.25, -0.2) is 4.39 Å². The Morgan fingerprint density at radius 3 is 1.26 bits per heavy atom. The molecule has 0 amide bonds. The van der Waals surface area contributed by atoms with Gasteiger partial charge >= 0.3 is 0 Å². The van der Waals surface area contributed by atoms with Gasteiger partial charge in [-0.05, 0) is 24.8 Å². The lowest BCUT2D eigenvalue weighted by atomic mass is 9.90. The zero-order valence-corrected chi connectivity index (χ0v) is 28.2. The van der Waals surface area contributed by atoms with Gasteiger partial charge in [0.2, 0.25) is 0 Å². The van der Waals surface area contributed by atoms with Crippen LogP contribution in [0.1, 0.15) is 181 Å². The van der Waals surface area contributed by atoms with Crippen molar-refractivity contribution >= 4 is 0 Å². The van der Waals surface area contributed by atoms with Crippen LogP contribution >= 0.6 is 0 Å². The Balaban J connectivity index is 2.42. The zero-order chi connectivity index (χ0) is 31.5. The van der Waals surface area contributed by atoms with Gasteiger partial charge in [0.1, 0.15) is 36.3 Å². The number of aliphatic hydroxyl groups is 4. The Hall–Kier alpha value is -0.530. The Kier molecular flexibility index (Phi) is 26.1. The molecule has 1 rings (SSSR count). The molecule has 5 unspecified atom stereocenters. The molecule has 0 radical (unpaired) electrons. The van der Waals surface area contributed by atoms with Crippen molar-refractivity contribution in [3.8, 4) is 0 Å². The van der Waals surface area contributed by atoms with E-state index in [0.29, 0.717) is 0 Å². The second-order valence-electron chi connectivity index (χ2n) is 13.4. The second kappa shape index (κ2) is 27.8. The number of hydrogen-bond acceptors (Lipinski definition) is 5. The summed E-state index contributed by atoms with van der Waals surface area (Å²) in [5, 5.41) is 40.0. The lowest BCUT2D eigenvalue weighted by Gasteiger charge is -2.39. The normalized spacial score (nSPS) is 23.0. The molecule has 1 aliphatic heterocycles. The maximum Gasteiger partial charge on any atom is 0.138 e. The van der Waals surface area contributed by atoms with Gasteiger partial charge in [0.05, 0.1) is 6.61 Å². The molecule has 0 spiro atoms. The minimum atomic E-state index is -1.56. The van der Waals surface area contributed by atoms with Gasteiger partial charge in [-0.1, -0.05) is 168 Å². The van der Waals surface area contributed by atoms with E-state index in [1.807, 2.05) is 0 Å². The topological polar surface area (TPSA) is 90.2 Å². The lowest BCUT2D eigenvalue weighted by molar-refractivity contribution is -0.223. The minimum Gasteiger partial charge on any atom is -0.394 e. The van der Waals surface area contributed by atoms with E-state index in [4.69, 9.17) is 4.74 Å². The number of allylic oxidation sites excluding steroid dienone is 1. The first-order valence-electron chi connectivity index (χ1n) is 18.6. The number of ether oxygens (including phenoxy) is 1. The predicted molar refractivity (Wildman–Crippen MR) is 178 cm³/mol. The van der Waals surface area contributed by atoms with E-state index >= 15 is 4.39 Å². The molecule has 0 aromatic carbocycles. The van der Waals surface area contributed by atoms with Gasteiger partial charge in [0, 0.05) is 0 Å². The van der Waals surface area contributed by atoms with Crippen molar-refractivity contribution < 1.29 is 29.6 Å². The molecule has 0 aliphatic carbocycles. The Morgan fingerprint density at radius 1 is 0.558 bits per heavy atom. The highest BCUT2D eigenvalue weighted by Gasteiger charge is 2.45. The summed E-state index contributed by atoms with van der Waals surface area (Å²) in [6.45, 7) is 3.97. The van der Waals surface area contributed by atoms with Gasteiger partial charge in [-0.2, -0.15) is 0 Å². The second-order valence-corrected chi connectivity index (χ2v) is 13.4. The van der Waals surface area contributed by atoms with Crippen LogP contribution in [0.5, 0.6) is 0 Å². The summed E-state index contributed by atoms with van der Waals surface area (Å²) in [6, 6.07) is 0. The van der Waals surface area contributed by atoms with Crippen LogP contribution in [0.4, 0.5) is 4.39 Å². The SMILES string of the molecule is CCCCCCCCCCCCCCC(/C=C(/F)C1OC(CO)C(O)C(O)C1O)CCCCCCCCCCCCCC. The van der Waals surface area contributed by atoms with Crippen LogP contribution in [0.15, 0.2) is 11.9 Å². The van der Waals surface area contributed by atoms with E-state index in [1.165, 1.54) is 128 Å². The maximum atomic E-state index is 15.4. The van der Waals surface area contributed by atoms with Crippen LogP contribution in [0.25, 0.3) is 0 Å². The van der Waals surface area contributed by atoms with E-state index in [1.54, 1.807) is 6.08 Å². The largest absolute Gasteiger partial charge is 0.394 e. The molecular weight excluding hydrogens is 543 g/mol. The molecule has 4 N–H and O–H groups in total. The first-order chi connectivity index (χ1) is 21.0. The first-order valence-corrected chi connectivity index (χ1v) is 18.6. The molecule has 5 nitrogen and oxygen atoms in total. The highest BCUT2D eigenvalue weighted by molar-refractivity contribution is 5.09. The molecule has 1 fully saturated rings. The van der Waals surface area contributed by atoms with Gasteiger partial charge < -0.3 is 25.2 Å². The molecule has 43 heavy (non-hydrogen) atoms. The first kappa shape index (κ1) is 40.5. The van der Waals surface area contributed by atoms with Crippen molar-refractivity contribution in [1.82, 2.24) is 0 Å². The summed E-state index contributed by atoms with van der Waals surface area (Å²) in [4.78, 5) is 0. The fraction of sp³-hybridized carbons (Fsp3) is 0.946. The molecule has 0 saturated carbocycles. The Labute approximate surface area is 265 Å². The Bertz CT molecular complexity index is 614. The molecule has 1 heterocycles. The van der Waals surface area contributed by atoms with Crippen molar-refractivity contribution in [2.45, 2.75) is 211 Å². The lowest BCUT2D eigenvalue weighted by Crippen LogP contribution is -2.58. The molecule has 256 valence electrons. The molecule has 5 atom stereocenters. The fourth-order valence-electron chi connectivity index (χ4n) is 6.46. The van der Waals surface area contributed by atoms with E-state index in [2.05, 4.69) is 13.8 Å². The number of aliphatic hydroxyl groups excluding tert-OH is 4. The average Bonchev–Trinajstić information content (AvgIpc) is 3.00. The number of rotatable bonds is 29. The summed E-state index contributed by atoms with van der Waals surface area (Å²) < 4.78 is 20.9. The van der Waals surface area contributed by atoms with Crippen molar-refractivity contribution in [2.75, 3.05) is 6.61 Å². The molecule has 6 heteroatoms. The summed E-state index contributed by atoms with van der Waals surface area (Å²) in [5.74, 6) is -0.543. The summed E-state index contributed by atoms with van der Waals surface area (Å²) >= 11 is 0. The van der Waals surface area contributed by atoms with Crippen LogP contribution in [0.3, 0.4) is 0 Å². The molecule has 1 aliphatic rings. The van der Waals surface area contributed by atoms with Crippen LogP contribution < -0.4 is 0 Å². The van der Waals surface area contributed by atoms with E-state index in [9.17, 15) is 20.4 Å². The van der Waals surface area contributed by atoms with Gasteiger partial charge in [0.15, 0.2) is 0 Å². The van der Waals surface area contributed by atoms with Gasteiger partial charge in [-0.3, -0.25) is 0 Å².